The predicted molar refractivity (Wildman–Crippen MR) is 135 cm³/mol. The van der Waals surface area contributed by atoms with Gasteiger partial charge in [-0.25, -0.2) is 4.99 Å². The second-order valence-electron chi connectivity index (χ2n) is 9.55. The average Bonchev–Trinajstić information content (AvgIpc) is 3.19. The Kier molecular flexibility index (Phi) is 13.5. The first-order chi connectivity index (χ1) is 15.7. The van der Waals surface area contributed by atoms with Crippen molar-refractivity contribution in [1.29, 1.82) is 0 Å². The van der Waals surface area contributed by atoms with Gasteiger partial charge in [0.15, 0.2) is 5.84 Å². The van der Waals surface area contributed by atoms with Gasteiger partial charge in [-0.15, -0.1) is 0 Å². The van der Waals surface area contributed by atoms with Crippen molar-refractivity contribution in [2.45, 2.75) is 96.8 Å². The number of aliphatic imine (C=N–C) groups is 1. The van der Waals surface area contributed by atoms with E-state index in [1.165, 1.54) is 77.0 Å². The molecule has 4 heteroatoms. The standard InChI is InChI=1S/C28H47N2O2/c1-2-3-4-5-6-7-8-9-10-11-12-13-17-20-28-29-21-22-30(28,23-24-31)25-27(32)26-18-15-14-16-19-26/h14-16,18-19,31H,2-13,17,20-25H2,1H3/q+1. The minimum atomic E-state index is 0.0969. The highest BCUT2D eigenvalue weighted by atomic mass is 16.3. The molecule has 2 rings (SSSR count). The molecule has 1 aliphatic rings. The number of Topliss-reactive ketones (excluding diaryl/α,β-unsaturated/α-hetero) is 1. The summed E-state index contributed by atoms with van der Waals surface area (Å²) in [5, 5.41) is 9.70. The van der Waals surface area contributed by atoms with Gasteiger partial charge in [0, 0.05) is 12.0 Å². The lowest BCUT2D eigenvalue weighted by atomic mass is 10.0. The summed E-state index contributed by atoms with van der Waals surface area (Å²) in [7, 11) is 0. The van der Waals surface area contributed by atoms with Crippen LogP contribution < -0.4 is 0 Å². The van der Waals surface area contributed by atoms with Gasteiger partial charge < -0.3 is 5.11 Å². The maximum atomic E-state index is 12.9. The lowest BCUT2D eigenvalue weighted by molar-refractivity contribution is -0.828. The normalized spacial score (nSPS) is 18.1. The largest absolute Gasteiger partial charge is 0.390 e. The SMILES string of the molecule is CCCCCCCCCCCCCCCC1=NCC[N+]1(CCO)CC(=O)c1ccccc1. The Bertz CT molecular complexity index is 659. The lowest BCUT2D eigenvalue weighted by Crippen LogP contribution is -2.55. The summed E-state index contributed by atoms with van der Waals surface area (Å²) >= 11 is 0. The monoisotopic (exact) mass is 443 g/mol. The first-order valence-electron chi connectivity index (χ1n) is 13.3. The van der Waals surface area contributed by atoms with Crippen molar-refractivity contribution in [3.8, 4) is 0 Å². The fourth-order valence-electron chi connectivity index (χ4n) is 4.94. The molecule has 1 unspecified atom stereocenters. The van der Waals surface area contributed by atoms with Crippen molar-refractivity contribution in [3.05, 3.63) is 35.9 Å². The number of ketones is 1. The fourth-order valence-corrected chi connectivity index (χ4v) is 4.94. The van der Waals surface area contributed by atoms with Crippen molar-refractivity contribution in [2.75, 3.05) is 32.8 Å². The van der Waals surface area contributed by atoms with Crippen LogP contribution in [0.1, 0.15) is 107 Å². The van der Waals surface area contributed by atoms with Crippen LogP contribution in [0.4, 0.5) is 0 Å². The summed E-state index contributed by atoms with van der Waals surface area (Å²) in [6, 6.07) is 9.53. The third-order valence-corrected chi connectivity index (χ3v) is 6.94. The second-order valence-corrected chi connectivity index (χ2v) is 9.55. The molecule has 4 nitrogen and oxygen atoms in total. The van der Waals surface area contributed by atoms with Crippen LogP contribution in [-0.4, -0.2) is 54.0 Å². The predicted octanol–water partition coefficient (Wildman–Crippen LogP) is 6.57. The number of aliphatic hydroxyl groups is 1. The summed E-state index contributed by atoms with van der Waals surface area (Å²) in [4.78, 5) is 17.6. The van der Waals surface area contributed by atoms with Gasteiger partial charge in [0.05, 0.1) is 13.2 Å². The zero-order chi connectivity index (χ0) is 22.9. The molecule has 1 heterocycles. The van der Waals surface area contributed by atoms with E-state index in [1.807, 2.05) is 30.3 Å². The van der Waals surface area contributed by atoms with Gasteiger partial charge in [0.1, 0.15) is 19.6 Å². The van der Waals surface area contributed by atoms with E-state index in [1.54, 1.807) is 0 Å². The number of carbonyl (C=O) groups excluding carboxylic acids is 1. The van der Waals surface area contributed by atoms with Gasteiger partial charge >= 0.3 is 0 Å². The van der Waals surface area contributed by atoms with E-state index in [2.05, 4.69) is 6.92 Å². The number of quaternary nitrogens is 1. The number of benzene rings is 1. The van der Waals surface area contributed by atoms with Crippen LogP contribution in [0.15, 0.2) is 35.3 Å². The molecule has 1 aliphatic heterocycles. The zero-order valence-corrected chi connectivity index (χ0v) is 20.6. The third kappa shape index (κ3) is 9.54. The molecule has 1 aromatic carbocycles. The Morgan fingerprint density at radius 2 is 1.44 bits per heavy atom. The molecule has 0 aromatic heterocycles. The lowest BCUT2D eigenvalue weighted by Gasteiger charge is -2.33. The Morgan fingerprint density at radius 1 is 0.875 bits per heavy atom. The Morgan fingerprint density at radius 3 is 2.00 bits per heavy atom. The number of hydrogen-bond donors (Lipinski definition) is 1. The highest BCUT2D eigenvalue weighted by molar-refractivity contribution is 5.98. The molecular weight excluding hydrogens is 396 g/mol. The minimum absolute atomic E-state index is 0.0969. The molecule has 1 aromatic rings. The molecule has 1 atom stereocenters. The second kappa shape index (κ2) is 16.1. The van der Waals surface area contributed by atoms with E-state index < -0.39 is 0 Å². The molecule has 0 saturated carbocycles. The van der Waals surface area contributed by atoms with E-state index in [0.29, 0.717) is 17.6 Å². The van der Waals surface area contributed by atoms with Crippen molar-refractivity contribution in [3.63, 3.8) is 0 Å². The van der Waals surface area contributed by atoms with Crippen molar-refractivity contribution < 1.29 is 14.4 Å². The molecule has 0 aliphatic carbocycles. The maximum absolute atomic E-state index is 12.9. The average molecular weight is 444 g/mol. The summed E-state index contributed by atoms with van der Waals surface area (Å²) in [6.07, 6.45) is 18.5. The molecule has 180 valence electrons. The molecule has 0 bridgehead atoms. The Labute approximate surface area is 196 Å². The van der Waals surface area contributed by atoms with Crippen LogP contribution in [0, 0.1) is 0 Å². The van der Waals surface area contributed by atoms with Crippen LogP contribution in [0.3, 0.4) is 0 Å². The number of amidine groups is 1. The molecule has 0 radical (unpaired) electrons. The number of aliphatic hydroxyl groups excluding tert-OH is 1. The number of hydrogen-bond acceptors (Lipinski definition) is 3. The summed E-state index contributed by atoms with van der Waals surface area (Å²) in [5.41, 5.74) is 0.759. The summed E-state index contributed by atoms with van der Waals surface area (Å²) in [5.74, 6) is 1.28. The zero-order valence-electron chi connectivity index (χ0n) is 20.6. The highest BCUT2D eigenvalue weighted by Crippen LogP contribution is 2.22. The first-order valence-corrected chi connectivity index (χ1v) is 13.3. The van der Waals surface area contributed by atoms with Crippen LogP contribution in [0.25, 0.3) is 0 Å². The number of nitrogens with zero attached hydrogens (tertiary/aromatic N) is 2. The van der Waals surface area contributed by atoms with E-state index in [-0.39, 0.29) is 12.4 Å². The van der Waals surface area contributed by atoms with Gasteiger partial charge in [-0.05, 0) is 6.42 Å². The maximum Gasteiger partial charge on any atom is 0.217 e. The van der Waals surface area contributed by atoms with Crippen molar-refractivity contribution >= 4 is 11.6 Å². The van der Waals surface area contributed by atoms with Crippen molar-refractivity contribution in [2.24, 2.45) is 4.99 Å². The fraction of sp³-hybridized carbons (Fsp3) is 0.714. The minimum Gasteiger partial charge on any atom is -0.390 e. The highest BCUT2D eigenvalue weighted by Gasteiger charge is 2.39. The van der Waals surface area contributed by atoms with Crippen LogP contribution in [0.2, 0.25) is 0 Å². The summed E-state index contributed by atoms with van der Waals surface area (Å²) < 4.78 is 0.558. The number of unbranched alkanes of at least 4 members (excludes halogenated alkanes) is 12. The van der Waals surface area contributed by atoms with Gasteiger partial charge in [0.25, 0.3) is 0 Å². The molecule has 0 spiro atoms. The van der Waals surface area contributed by atoms with Gasteiger partial charge in [-0.2, -0.15) is 0 Å². The topological polar surface area (TPSA) is 49.7 Å². The van der Waals surface area contributed by atoms with E-state index >= 15 is 0 Å². The van der Waals surface area contributed by atoms with E-state index in [0.717, 1.165) is 37.3 Å². The third-order valence-electron chi connectivity index (χ3n) is 6.94. The summed E-state index contributed by atoms with van der Waals surface area (Å²) in [6.45, 7) is 5.00. The molecule has 32 heavy (non-hydrogen) atoms. The van der Waals surface area contributed by atoms with Gasteiger partial charge in [-0.1, -0.05) is 114 Å². The molecule has 0 amide bonds. The number of rotatable bonds is 19. The molecular formula is C28H47N2O2+. The first kappa shape index (κ1) is 26.7. The smallest absolute Gasteiger partial charge is 0.217 e. The van der Waals surface area contributed by atoms with E-state index in [9.17, 15) is 9.90 Å². The van der Waals surface area contributed by atoms with Crippen molar-refractivity contribution in [1.82, 2.24) is 0 Å². The van der Waals surface area contributed by atoms with E-state index in [4.69, 9.17) is 4.99 Å². The molecule has 1 N–H and O–H groups in total. The van der Waals surface area contributed by atoms with Gasteiger partial charge in [-0.3, -0.25) is 9.28 Å². The Balaban J connectivity index is 1.62. The Hall–Kier alpha value is -1.52. The van der Waals surface area contributed by atoms with Crippen LogP contribution >= 0.6 is 0 Å². The quantitative estimate of drug-likeness (QED) is 0.149. The molecule has 0 fully saturated rings. The van der Waals surface area contributed by atoms with Crippen LogP contribution in [0.5, 0.6) is 0 Å². The molecule has 0 saturated heterocycles. The van der Waals surface area contributed by atoms with Crippen LogP contribution in [-0.2, 0) is 0 Å². The van der Waals surface area contributed by atoms with Gasteiger partial charge in [0.2, 0.25) is 5.78 Å². The number of carbonyl (C=O) groups is 1.